The molecule has 2 atom stereocenters. The second-order valence-corrected chi connectivity index (χ2v) is 11.3. The van der Waals surface area contributed by atoms with Crippen LogP contribution in [0.3, 0.4) is 0 Å². The largest absolute Gasteiger partial charge is 0.376 e. The number of nitrogens with one attached hydrogen (secondary N) is 1. The number of aromatic nitrogens is 1. The molecule has 0 bridgehead atoms. The molecule has 2 aliphatic rings. The summed E-state index contributed by atoms with van der Waals surface area (Å²) in [5, 5.41) is 3.07. The van der Waals surface area contributed by atoms with Gasteiger partial charge < -0.3 is 9.64 Å². The van der Waals surface area contributed by atoms with Crippen LogP contribution >= 0.6 is 11.3 Å². The highest BCUT2D eigenvalue weighted by Crippen LogP contribution is 2.35. The molecule has 1 N–H and O–H groups in total. The molecule has 2 fully saturated rings. The smallest absolute Gasteiger partial charge is 0.209 e. The first-order valence-electron chi connectivity index (χ1n) is 10.7. The van der Waals surface area contributed by atoms with Crippen LogP contribution in [-0.2, 0) is 14.8 Å². The van der Waals surface area contributed by atoms with E-state index in [0.717, 1.165) is 49.5 Å². The van der Waals surface area contributed by atoms with Crippen LogP contribution in [0.25, 0.3) is 0 Å². The van der Waals surface area contributed by atoms with E-state index in [0.29, 0.717) is 12.5 Å². The van der Waals surface area contributed by atoms with Gasteiger partial charge in [-0.2, -0.15) is 0 Å². The van der Waals surface area contributed by atoms with Crippen molar-refractivity contribution >= 4 is 27.2 Å². The second-order valence-electron chi connectivity index (χ2n) is 8.49. The Morgan fingerprint density at radius 3 is 2.53 bits per heavy atom. The number of hydrogen-bond donors (Lipinski definition) is 1. The van der Waals surface area contributed by atoms with Crippen molar-refractivity contribution in [1.82, 2.24) is 9.71 Å². The Morgan fingerprint density at radius 2 is 1.90 bits per heavy atom. The fourth-order valence-electron chi connectivity index (χ4n) is 4.76. The average Bonchev–Trinajstić information content (AvgIpc) is 3.32. The molecular weight excluding hydrogens is 418 g/mol. The maximum absolute atomic E-state index is 11.9. The van der Waals surface area contributed by atoms with Crippen molar-refractivity contribution in [2.24, 2.45) is 0 Å². The molecule has 2 aromatic rings. The van der Waals surface area contributed by atoms with Crippen molar-refractivity contribution in [1.29, 1.82) is 0 Å². The number of thiazole rings is 1. The summed E-state index contributed by atoms with van der Waals surface area (Å²) in [5.41, 5.74) is 1.43. The molecule has 0 unspecified atom stereocenters. The lowest BCUT2D eigenvalue weighted by Gasteiger charge is -2.33. The van der Waals surface area contributed by atoms with Gasteiger partial charge in [-0.15, -0.1) is 11.3 Å². The van der Waals surface area contributed by atoms with Crippen LogP contribution in [0.1, 0.15) is 48.6 Å². The van der Waals surface area contributed by atoms with E-state index in [4.69, 9.17) is 4.74 Å². The van der Waals surface area contributed by atoms with E-state index in [2.05, 4.69) is 50.3 Å². The number of sulfonamides is 1. The van der Waals surface area contributed by atoms with Crippen LogP contribution in [0.4, 0.5) is 5.82 Å². The van der Waals surface area contributed by atoms with E-state index in [9.17, 15) is 8.42 Å². The summed E-state index contributed by atoms with van der Waals surface area (Å²) in [6, 6.07) is 10.6. The Balaban J connectivity index is 1.37. The summed E-state index contributed by atoms with van der Waals surface area (Å²) in [4.78, 5) is 6.83. The van der Waals surface area contributed by atoms with E-state index >= 15 is 0 Å². The zero-order valence-corrected chi connectivity index (χ0v) is 19.3. The van der Waals surface area contributed by atoms with Crippen molar-refractivity contribution in [3.8, 4) is 0 Å². The van der Waals surface area contributed by atoms with E-state index in [1.165, 1.54) is 11.8 Å². The Hall–Kier alpha value is -1.48. The number of benzene rings is 1. The van der Waals surface area contributed by atoms with Crippen molar-refractivity contribution in [3.63, 3.8) is 0 Å². The third kappa shape index (κ3) is 5.41. The first-order valence-corrected chi connectivity index (χ1v) is 13.5. The summed E-state index contributed by atoms with van der Waals surface area (Å²) < 4.78 is 32.9. The van der Waals surface area contributed by atoms with Gasteiger partial charge in [0.15, 0.2) is 0 Å². The van der Waals surface area contributed by atoms with E-state index < -0.39 is 10.0 Å². The van der Waals surface area contributed by atoms with Gasteiger partial charge >= 0.3 is 0 Å². The van der Waals surface area contributed by atoms with Gasteiger partial charge in [-0.3, -0.25) is 0 Å². The third-order valence-corrected chi connectivity index (χ3v) is 7.75. The molecule has 6 nitrogen and oxygen atoms in total. The molecule has 1 aliphatic heterocycles. The monoisotopic (exact) mass is 449 g/mol. The highest BCUT2D eigenvalue weighted by atomic mass is 32.2. The van der Waals surface area contributed by atoms with Gasteiger partial charge in [0.05, 0.1) is 30.0 Å². The average molecular weight is 450 g/mol. The number of anilines is 1. The Kier molecular flexibility index (Phi) is 6.77. The molecule has 0 radical (unpaired) electrons. The van der Waals surface area contributed by atoms with E-state index in [1.54, 1.807) is 11.3 Å². The zero-order valence-electron chi connectivity index (χ0n) is 17.7. The van der Waals surface area contributed by atoms with Gasteiger partial charge in [0.2, 0.25) is 10.0 Å². The maximum atomic E-state index is 11.9. The number of rotatable bonds is 7. The minimum Gasteiger partial charge on any atom is -0.376 e. The molecule has 1 aromatic carbocycles. The van der Waals surface area contributed by atoms with E-state index in [-0.39, 0.29) is 18.2 Å². The minimum absolute atomic E-state index is 0.0342. The SMILES string of the molecule is Cc1nc(N2CC[C@H](NS(C)(=O)=O)[C@@H]2COC2CCC(c3ccccc3)CC2)cs1. The number of hydrogen-bond acceptors (Lipinski definition) is 6. The molecule has 30 heavy (non-hydrogen) atoms. The van der Waals surface area contributed by atoms with Gasteiger partial charge in [-0.25, -0.2) is 18.1 Å². The number of ether oxygens (including phenoxy) is 1. The first-order chi connectivity index (χ1) is 14.4. The van der Waals surface area contributed by atoms with Gasteiger partial charge in [-0.05, 0) is 50.5 Å². The van der Waals surface area contributed by atoms with Gasteiger partial charge in [-0.1, -0.05) is 30.3 Å². The fraction of sp³-hybridized carbons (Fsp3) is 0.591. The lowest BCUT2D eigenvalue weighted by Crippen LogP contribution is -2.48. The molecule has 4 rings (SSSR count). The molecule has 164 valence electrons. The standard InChI is InChI=1S/C22H31N3O3S2/c1-16-23-22(15-29-16)25-13-12-20(24-30(2,26)27)21(25)14-28-19-10-8-18(9-11-19)17-6-4-3-5-7-17/h3-7,15,18-21,24H,8-14H2,1-2H3/t18?,19?,20-,21-/m0/s1. The van der Waals surface area contributed by atoms with Crippen molar-refractivity contribution in [2.45, 2.75) is 63.1 Å². The van der Waals surface area contributed by atoms with Crippen LogP contribution in [-0.4, -0.2) is 51.0 Å². The number of aryl methyl sites for hydroxylation is 1. The maximum Gasteiger partial charge on any atom is 0.209 e. The highest BCUT2D eigenvalue weighted by molar-refractivity contribution is 7.88. The summed E-state index contributed by atoms with van der Waals surface area (Å²) in [5.74, 6) is 1.54. The summed E-state index contributed by atoms with van der Waals surface area (Å²) in [6.07, 6.45) is 6.60. The Morgan fingerprint density at radius 1 is 1.17 bits per heavy atom. The molecule has 0 spiro atoms. The summed E-state index contributed by atoms with van der Waals surface area (Å²) >= 11 is 1.62. The van der Waals surface area contributed by atoms with Crippen LogP contribution < -0.4 is 9.62 Å². The quantitative estimate of drug-likeness (QED) is 0.698. The molecule has 1 aliphatic carbocycles. The van der Waals surface area contributed by atoms with Crippen molar-refractivity contribution in [2.75, 3.05) is 24.3 Å². The number of nitrogens with zero attached hydrogens (tertiary/aromatic N) is 2. The van der Waals surface area contributed by atoms with Crippen LogP contribution in [0, 0.1) is 6.92 Å². The van der Waals surface area contributed by atoms with Crippen LogP contribution in [0.5, 0.6) is 0 Å². The minimum atomic E-state index is -3.27. The molecule has 1 aromatic heterocycles. The fourth-order valence-corrected chi connectivity index (χ4v) is 6.20. The van der Waals surface area contributed by atoms with Crippen LogP contribution in [0.15, 0.2) is 35.7 Å². The molecular formula is C22H31N3O3S2. The molecule has 0 amide bonds. The highest BCUT2D eigenvalue weighted by Gasteiger charge is 2.37. The summed E-state index contributed by atoms with van der Waals surface area (Å²) in [7, 11) is -3.27. The molecule has 1 saturated carbocycles. The van der Waals surface area contributed by atoms with Gasteiger partial charge in [0.1, 0.15) is 5.82 Å². The second kappa shape index (κ2) is 9.34. The first kappa shape index (κ1) is 21.7. The lowest BCUT2D eigenvalue weighted by atomic mass is 9.83. The third-order valence-electron chi connectivity index (χ3n) is 6.26. The molecule has 2 heterocycles. The molecule has 1 saturated heterocycles. The predicted molar refractivity (Wildman–Crippen MR) is 122 cm³/mol. The van der Waals surface area contributed by atoms with Crippen LogP contribution in [0.2, 0.25) is 0 Å². The summed E-state index contributed by atoms with van der Waals surface area (Å²) in [6.45, 7) is 3.29. The molecule has 8 heteroatoms. The Bertz CT molecular complexity index is 924. The zero-order chi connectivity index (χ0) is 21.1. The normalized spacial score (nSPS) is 27.5. The topological polar surface area (TPSA) is 71.5 Å². The van der Waals surface area contributed by atoms with Gasteiger partial charge in [0.25, 0.3) is 0 Å². The predicted octanol–water partition coefficient (Wildman–Crippen LogP) is 3.69. The van der Waals surface area contributed by atoms with Crippen molar-refractivity contribution in [3.05, 3.63) is 46.3 Å². The Labute approximate surface area is 183 Å². The van der Waals surface area contributed by atoms with Gasteiger partial charge in [0, 0.05) is 18.0 Å². The lowest BCUT2D eigenvalue weighted by molar-refractivity contribution is 0.0156. The van der Waals surface area contributed by atoms with E-state index in [1.807, 2.05) is 6.92 Å². The van der Waals surface area contributed by atoms with Crippen molar-refractivity contribution < 1.29 is 13.2 Å².